The van der Waals surface area contributed by atoms with Gasteiger partial charge in [-0.25, -0.2) is 4.79 Å². The standard InChI is InChI=1S/C23H26BrN3O4/c1-23(2,3)31-22(30)26-15-21(29)25-14-17-7-5-9-19(13-17)27-20(28)11-10-16-6-4-8-18(24)12-16/h4-13H,14-15H2,1-3H3,(H,25,29)(H,26,30)(H,27,28)/b11-10+. The van der Waals surface area contributed by atoms with Crippen LogP contribution in [0.3, 0.4) is 0 Å². The van der Waals surface area contributed by atoms with E-state index in [1.165, 1.54) is 6.08 Å². The van der Waals surface area contributed by atoms with Crippen molar-refractivity contribution in [1.82, 2.24) is 10.6 Å². The first kappa shape index (κ1) is 24.1. The summed E-state index contributed by atoms with van der Waals surface area (Å²) in [5, 5.41) is 7.91. The van der Waals surface area contributed by atoms with Crippen LogP contribution in [0.1, 0.15) is 31.9 Å². The first-order chi connectivity index (χ1) is 14.6. The van der Waals surface area contributed by atoms with Crippen molar-refractivity contribution in [3.8, 4) is 0 Å². The second-order valence-corrected chi connectivity index (χ2v) is 8.63. The van der Waals surface area contributed by atoms with Crippen molar-refractivity contribution in [2.45, 2.75) is 32.9 Å². The van der Waals surface area contributed by atoms with E-state index < -0.39 is 11.7 Å². The normalized spacial score (nSPS) is 11.1. The molecule has 0 aromatic heterocycles. The number of nitrogens with one attached hydrogen (secondary N) is 3. The molecule has 8 heteroatoms. The number of anilines is 1. The number of hydrogen-bond acceptors (Lipinski definition) is 4. The van der Waals surface area contributed by atoms with Gasteiger partial charge in [-0.1, -0.05) is 40.2 Å². The number of ether oxygens (including phenoxy) is 1. The number of benzene rings is 2. The van der Waals surface area contributed by atoms with Crippen LogP contribution >= 0.6 is 15.9 Å². The minimum Gasteiger partial charge on any atom is -0.444 e. The molecule has 2 aromatic carbocycles. The zero-order valence-corrected chi connectivity index (χ0v) is 19.3. The Morgan fingerprint density at radius 1 is 1.03 bits per heavy atom. The third-order valence-corrected chi connectivity index (χ3v) is 4.25. The highest BCUT2D eigenvalue weighted by Crippen LogP contribution is 2.14. The first-order valence-electron chi connectivity index (χ1n) is 9.68. The summed E-state index contributed by atoms with van der Waals surface area (Å²) in [6, 6.07) is 14.8. The van der Waals surface area contributed by atoms with E-state index in [1.807, 2.05) is 30.3 Å². The third kappa shape index (κ3) is 9.95. The maximum absolute atomic E-state index is 12.2. The molecular weight excluding hydrogens is 462 g/mol. The molecule has 0 atom stereocenters. The van der Waals surface area contributed by atoms with Gasteiger partial charge in [0.25, 0.3) is 0 Å². The van der Waals surface area contributed by atoms with Crippen LogP contribution in [0.4, 0.5) is 10.5 Å². The number of rotatable bonds is 7. The lowest BCUT2D eigenvalue weighted by Gasteiger charge is -2.19. The second-order valence-electron chi connectivity index (χ2n) is 7.71. The van der Waals surface area contributed by atoms with Gasteiger partial charge in [-0.3, -0.25) is 9.59 Å². The van der Waals surface area contributed by atoms with E-state index in [4.69, 9.17) is 4.74 Å². The van der Waals surface area contributed by atoms with Gasteiger partial charge in [0.2, 0.25) is 11.8 Å². The van der Waals surface area contributed by atoms with Crippen LogP contribution in [-0.4, -0.2) is 30.1 Å². The van der Waals surface area contributed by atoms with Crippen molar-refractivity contribution in [3.05, 3.63) is 70.2 Å². The molecule has 0 spiro atoms. The van der Waals surface area contributed by atoms with Crippen LogP contribution in [0.2, 0.25) is 0 Å². The minimum atomic E-state index is -0.650. The number of amides is 3. The molecule has 31 heavy (non-hydrogen) atoms. The summed E-state index contributed by atoms with van der Waals surface area (Å²) in [5.74, 6) is -0.611. The molecule has 0 heterocycles. The smallest absolute Gasteiger partial charge is 0.408 e. The Hall–Kier alpha value is -3.13. The highest BCUT2D eigenvalue weighted by atomic mass is 79.9. The van der Waals surface area contributed by atoms with Gasteiger partial charge in [0, 0.05) is 22.8 Å². The number of alkyl carbamates (subject to hydrolysis) is 1. The van der Waals surface area contributed by atoms with Crippen molar-refractivity contribution >= 4 is 45.6 Å². The second kappa shape index (κ2) is 11.3. The summed E-state index contributed by atoms with van der Waals surface area (Å²) >= 11 is 3.39. The van der Waals surface area contributed by atoms with Gasteiger partial charge in [0.1, 0.15) is 12.1 Å². The number of carbonyl (C=O) groups excluding carboxylic acids is 3. The van der Waals surface area contributed by atoms with E-state index in [1.54, 1.807) is 45.0 Å². The molecule has 164 valence electrons. The van der Waals surface area contributed by atoms with Crippen molar-refractivity contribution in [1.29, 1.82) is 0 Å². The van der Waals surface area contributed by atoms with Crippen LogP contribution in [0.5, 0.6) is 0 Å². The minimum absolute atomic E-state index is 0.189. The molecule has 0 fully saturated rings. The zero-order chi connectivity index (χ0) is 22.9. The quantitative estimate of drug-likeness (QED) is 0.508. The maximum Gasteiger partial charge on any atom is 0.408 e. The summed E-state index contributed by atoms with van der Waals surface area (Å²) in [7, 11) is 0. The van der Waals surface area contributed by atoms with Gasteiger partial charge in [-0.05, 0) is 62.2 Å². The summed E-state index contributed by atoms with van der Waals surface area (Å²) in [4.78, 5) is 35.7. The lowest BCUT2D eigenvalue weighted by atomic mass is 10.2. The third-order valence-electron chi connectivity index (χ3n) is 3.75. The molecule has 0 aliphatic carbocycles. The molecule has 0 unspecified atom stereocenters. The van der Waals surface area contributed by atoms with Crippen LogP contribution in [0.15, 0.2) is 59.1 Å². The monoisotopic (exact) mass is 487 g/mol. The summed E-state index contributed by atoms with van der Waals surface area (Å²) < 4.78 is 6.02. The zero-order valence-electron chi connectivity index (χ0n) is 17.7. The fourth-order valence-corrected chi connectivity index (χ4v) is 2.87. The molecule has 3 amide bonds. The molecule has 2 aromatic rings. The summed E-state index contributed by atoms with van der Waals surface area (Å²) in [5.41, 5.74) is 1.70. The fraction of sp³-hybridized carbons (Fsp3) is 0.261. The molecule has 0 aliphatic heterocycles. The Bertz CT molecular complexity index is 967. The molecule has 3 N–H and O–H groups in total. The Balaban J connectivity index is 1.81. The highest BCUT2D eigenvalue weighted by Gasteiger charge is 2.16. The van der Waals surface area contributed by atoms with E-state index in [0.29, 0.717) is 5.69 Å². The largest absolute Gasteiger partial charge is 0.444 e. The van der Waals surface area contributed by atoms with Gasteiger partial charge in [-0.15, -0.1) is 0 Å². The van der Waals surface area contributed by atoms with Crippen molar-refractivity contribution in [3.63, 3.8) is 0 Å². The lowest BCUT2D eigenvalue weighted by Crippen LogP contribution is -2.39. The summed E-state index contributed by atoms with van der Waals surface area (Å²) in [6.07, 6.45) is 2.53. The Kier molecular flexibility index (Phi) is 8.81. The fourth-order valence-electron chi connectivity index (χ4n) is 2.45. The van der Waals surface area contributed by atoms with Crippen molar-refractivity contribution < 1.29 is 19.1 Å². The lowest BCUT2D eigenvalue weighted by molar-refractivity contribution is -0.120. The molecule has 0 saturated heterocycles. The molecule has 0 saturated carbocycles. The molecule has 0 radical (unpaired) electrons. The van der Waals surface area contributed by atoms with E-state index in [0.717, 1.165) is 15.6 Å². The number of halogens is 1. The maximum atomic E-state index is 12.2. The molecule has 0 bridgehead atoms. The van der Waals surface area contributed by atoms with Gasteiger partial charge < -0.3 is 20.7 Å². The summed E-state index contributed by atoms with van der Waals surface area (Å²) in [6.45, 7) is 5.30. The topological polar surface area (TPSA) is 96.5 Å². The Morgan fingerprint density at radius 3 is 2.48 bits per heavy atom. The van der Waals surface area contributed by atoms with Crippen LogP contribution < -0.4 is 16.0 Å². The molecule has 2 rings (SSSR count). The number of hydrogen-bond donors (Lipinski definition) is 3. The van der Waals surface area contributed by atoms with Gasteiger partial charge in [0.15, 0.2) is 0 Å². The number of carbonyl (C=O) groups is 3. The molecule has 0 aliphatic rings. The predicted octanol–water partition coefficient (Wildman–Crippen LogP) is 4.24. The van der Waals surface area contributed by atoms with Crippen LogP contribution in [0.25, 0.3) is 6.08 Å². The average molecular weight is 488 g/mol. The van der Waals surface area contributed by atoms with E-state index in [2.05, 4.69) is 31.9 Å². The van der Waals surface area contributed by atoms with Crippen molar-refractivity contribution in [2.24, 2.45) is 0 Å². The van der Waals surface area contributed by atoms with Crippen molar-refractivity contribution in [2.75, 3.05) is 11.9 Å². The van der Waals surface area contributed by atoms with Gasteiger partial charge in [-0.2, -0.15) is 0 Å². The van der Waals surface area contributed by atoms with Crippen LogP contribution in [-0.2, 0) is 20.9 Å². The SMILES string of the molecule is CC(C)(C)OC(=O)NCC(=O)NCc1cccc(NC(=O)/C=C/c2cccc(Br)c2)c1. The van der Waals surface area contributed by atoms with Gasteiger partial charge >= 0.3 is 6.09 Å². The highest BCUT2D eigenvalue weighted by molar-refractivity contribution is 9.10. The first-order valence-corrected chi connectivity index (χ1v) is 10.5. The predicted molar refractivity (Wildman–Crippen MR) is 124 cm³/mol. The van der Waals surface area contributed by atoms with E-state index in [-0.39, 0.29) is 24.9 Å². The molecular formula is C23H26BrN3O4. The Morgan fingerprint density at radius 2 is 1.77 bits per heavy atom. The molecule has 7 nitrogen and oxygen atoms in total. The van der Waals surface area contributed by atoms with E-state index >= 15 is 0 Å². The Labute approximate surface area is 190 Å². The average Bonchev–Trinajstić information content (AvgIpc) is 2.68. The van der Waals surface area contributed by atoms with Crippen LogP contribution in [0, 0.1) is 0 Å². The van der Waals surface area contributed by atoms with Gasteiger partial charge in [0.05, 0.1) is 0 Å². The van der Waals surface area contributed by atoms with E-state index in [9.17, 15) is 14.4 Å².